The summed E-state index contributed by atoms with van der Waals surface area (Å²) in [5.41, 5.74) is 2.09. The van der Waals surface area contributed by atoms with E-state index in [1.807, 2.05) is 19.1 Å². The fraction of sp³-hybridized carbons (Fsp3) is 0.455. The molecule has 0 fully saturated rings. The van der Waals surface area contributed by atoms with Crippen LogP contribution in [0.1, 0.15) is 11.1 Å². The molecule has 1 atom stereocenters. The summed E-state index contributed by atoms with van der Waals surface area (Å²) < 4.78 is 24.1. The van der Waals surface area contributed by atoms with Crippen LogP contribution in [0.25, 0.3) is 0 Å². The number of rotatable bonds is 2. The molecule has 0 saturated heterocycles. The predicted octanol–water partition coefficient (Wildman–Crippen LogP) is 0.913. The van der Waals surface area contributed by atoms with Crippen molar-refractivity contribution in [3.8, 4) is 0 Å². The molecule has 0 spiro atoms. The Kier molecular flexibility index (Phi) is 2.56. The zero-order valence-corrected chi connectivity index (χ0v) is 9.76. The van der Waals surface area contributed by atoms with Gasteiger partial charge in [0.15, 0.2) is 9.84 Å². The van der Waals surface area contributed by atoms with Crippen LogP contribution in [0, 0.1) is 6.92 Å². The molecule has 1 aliphatic heterocycles. The van der Waals surface area contributed by atoms with Crippen LogP contribution >= 0.6 is 0 Å². The van der Waals surface area contributed by atoms with Gasteiger partial charge in [-0.25, -0.2) is 8.42 Å². The molecule has 0 radical (unpaired) electrons. The molecule has 1 aromatic rings. The summed E-state index contributed by atoms with van der Waals surface area (Å²) in [7, 11) is -1.31. The SMILES string of the molecule is CNCC1Cc2cc(C)ccc2S1(=O)=O. The second kappa shape index (κ2) is 3.61. The standard InChI is InChI=1S/C11H15NO2S/c1-8-3-4-11-9(5-8)6-10(7-12-2)15(11,13)14/h3-5,10,12H,6-7H2,1-2H3. The van der Waals surface area contributed by atoms with Gasteiger partial charge in [0.1, 0.15) is 0 Å². The Bertz CT molecular complexity index is 479. The molecule has 1 aromatic carbocycles. The van der Waals surface area contributed by atoms with Crippen molar-refractivity contribution in [3.63, 3.8) is 0 Å². The van der Waals surface area contributed by atoms with Gasteiger partial charge < -0.3 is 5.32 Å². The van der Waals surface area contributed by atoms with Gasteiger partial charge in [0.2, 0.25) is 0 Å². The molecule has 0 saturated carbocycles. The van der Waals surface area contributed by atoms with Crippen molar-refractivity contribution in [2.75, 3.05) is 13.6 Å². The highest BCUT2D eigenvalue weighted by molar-refractivity contribution is 7.92. The number of aryl methyl sites for hydroxylation is 1. The summed E-state index contributed by atoms with van der Waals surface area (Å²) in [6, 6.07) is 5.57. The van der Waals surface area contributed by atoms with E-state index in [-0.39, 0.29) is 5.25 Å². The molecular weight excluding hydrogens is 210 g/mol. The molecule has 1 N–H and O–H groups in total. The van der Waals surface area contributed by atoms with Gasteiger partial charge in [0.25, 0.3) is 0 Å². The molecule has 2 rings (SSSR count). The van der Waals surface area contributed by atoms with Crippen molar-refractivity contribution in [1.29, 1.82) is 0 Å². The van der Waals surface area contributed by atoms with E-state index in [0.717, 1.165) is 11.1 Å². The van der Waals surface area contributed by atoms with Crippen molar-refractivity contribution in [3.05, 3.63) is 29.3 Å². The second-order valence-electron chi connectivity index (χ2n) is 4.04. The molecule has 3 nitrogen and oxygen atoms in total. The first kappa shape index (κ1) is 10.6. The summed E-state index contributed by atoms with van der Waals surface area (Å²) in [4.78, 5) is 0.522. The van der Waals surface area contributed by atoms with Crippen LogP contribution in [0.5, 0.6) is 0 Å². The number of hydrogen-bond donors (Lipinski definition) is 1. The topological polar surface area (TPSA) is 46.2 Å². The Labute approximate surface area is 90.4 Å². The van der Waals surface area contributed by atoms with Crippen LogP contribution in [-0.4, -0.2) is 27.3 Å². The minimum absolute atomic E-state index is 0.292. The number of sulfone groups is 1. The Morgan fingerprint density at radius 1 is 1.47 bits per heavy atom. The molecule has 0 aromatic heterocycles. The first-order valence-electron chi connectivity index (χ1n) is 5.03. The predicted molar refractivity (Wildman–Crippen MR) is 59.8 cm³/mol. The first-order valence-corrected chi connectivity index (χ1v) is 6.58. The van der Waals surface area contributed by atoms with E-state index in [9.17, 15) is 8.42 Å². The maximum Gasteiger partial charge on any atom is 0.183 e. The Balaban J connectivity index is 2.48. The van der Waals surface area contributed by atoms with Crippen molar-refractivity contribution in [2.45, 2.75) is 23.5 Å². The van der Waals surface area contributed by atoms with Crippen LogP contribution in [0.3, 0.4) is 0 Å². The largest absolute Gasteiger partial charge is 0.318 e. The minimum Gasteiger partial charge on any atom is -0.318 e. The minimum atomic E-state index is -3.09. The van der Waals surface area contributed by atoms with E-state index in [1.165, 1.54) is 0 Å². The van der Waals surface area contributed by atoms with Gasteiger partial charge in [-0.3, -0.25) is 0 Å². The van der Waals surface area contributed by atoms with Gasteiger partial charge in [-0.1, -0.05) is 17.7 Å². The van der Waals surface area contributed by atoms with Crippen LogP contribution in [-0.2, 0) is 16.3 Å². The summed E-state index contributed by atoms with van der Waals surface area (Å²) in [6.07, 6.45) is 0.639. The molecule has 1 unspecified atom stereocenters. The molecular formula is C11H15NO2S. The van der Waals surface area contributed by atoms with E-state index in [2.05, 4.69) is 5.32 Å². The van der Waals surface area contributed by atoms with Crippen LogP contribution in [0.15, 0.2) is 23.1 Å². The molecule has 0 aliphatic carbocycles. The Morgan fingerprint density at radius 3 is 2.87 bits per heavy atom. The number of fused-ring (bicyclic) bond motifs is 1. The van der Waals surface area contributed by atoms with Crippen molar-refractivity contribution in [1.82, 2.24) is 5.32 Å². The third-order valence-electron chi connectivity index (χ3n) is 2.84. The first-order chi connectivity index (χ1) is 7.05. The van der Waals surface area contributed by atoms with Gasteiger partial charge >= 0.3 is 0 Å². The molecule has 4 heteroatoms. The third-order valence-corrected chi connectivity index (χ3v) is 5.06. The van der Waals surface area contributed by atoms with E-state index in [4.69, 9.17) is 0 Å². The summed E-state index contributed by atoms with van der Waals surface area (Å²) in [5.74, 6) is 0. The lowest BCUT2D eigenvalue weighted by Crippen LogP contribution is -2.29. The smallest absolute Gasteiger partial charge is 0.183 e. The average Bonchev–Trinajstić information content (AvgIpc) is 2.39. The Hall–Kier alpha value is -0.870. The maximum absolute atomic E-state index is 12.0. The van der Waals surface area contributed by atoms with Crippen molar-refractivity contribution >= 4 is 9.84 Å². The highest BCUT2D eigenvalue weighted by Crippen LogP contribution is 2.31. The zero-order valence-electron chi connectivity index (χ0n) is 8.95. The van der Waals surface area contributed by atoms with Gasteiger partial charge in [-0.2, -0.15) is 0 Å². The van der Waals surface area contributed by atoms with Gasteiger partial charge in [-0.15, -0.1) is 0 Å². The van der Waals surface area contributed by atoms with E-state index in [1.54, 1.807) is 13.1 Å². The lowest BCUT2D eigenvalue weighted by atomic mass is 10.1. The Morgan fingerprint density at radius 2 is 2.20 bits per heavy atom. The highest BCUT2D eigenvalue weighted by Gasteiger charge is 2.36. The lowest BCUT2D eigenvalue weighted by Gasteiger charge is -2.07. The molecule has 0 bridgehead atoms. The maximum atomic E-state index is 12.0. The van der Waals surface area contributed by atoms with E-state index < -0.39 is 9.84 Å². The second-order valence-corrected chi connectivity index (χ2v) is 6.24. The fourth-order valence-electron chi connectivity index (χ4n) is 2.09. The number of nitrogens with one attached hydrogen (secondary N) is 1. The monoisotopic (exact) mass is 225 g/mol. The molecule has 0 amide bonds. The van der Waals surface area contributed by atoms with Crippen LogP contribution in [0.2, 0.25) is 0 Å². The van der Waals surface area contributed by atoms with Gasteiger partial charge in [-0.05, 0) is 32.0 Å². The molecule has 1 aliphatic rings. The normalized spacial score (nSPS) is 22.7. The van der Waals surface area contributed by atoms with E-state index >= 15 is 0 Å². The van der Waals surface area contributed by atoms with E-state index in [0.29, 0.717) is 17.9 Å². The van der Waals surface area contributed by atoms with Crippen LogP contribution < -0.4 is 5.32 Å². The number of hydrogen-bond acceptors (Lipinski definition) is 3. The average molecular weight is 225 g/mol. The molecule has 1 heterocycles. The molecule has 82 valence electrons. The fourth-order valence-corrected chi connectivity index (χ4v) is 4.00. The zero-order chi connectivity index (χ0) is 11.1. The third kappa shape index (κ3) is 1.68. The van der Waals surface area contributed by atoms with Crippen molar-refractivity contribution < 1.29 is 8.42 Å². The van der Waals surface area contributed by atoms with Gasteiger partial charge in [0, 0.05) is 6.54 Å². The van der Waals surface area contributed by atoms with Crippen LogP contribution in [0.4, 0.5) is 0 Å². The quantitative estimate of drug-likeness (QED) is 0.814. The lowest BCUT2D eigenvalue weighted by molar-refractivity contribution is 0.581. The number of benzene rings is 1. The summed E-state index contributed by atoms with van der Waals surface area (Å²) in [6.45, 7) is 2.51. The summed E-state index contributed by atoms with van der Waals surface area (Å²) in [5, 5.41) is 2.64. The molecule has 15 heavy (non-hydrogen) atoms. The summed E-state index contributed by atoms with van der Waals surface area (Å²) >= 11 is 0. The van der Waals surface area contributed by atoms with Gasteiger partial charge in [0.05, 0.1) is 10.1 Å². The highest BCUT2D eigenvalue weighted by atomic mass is 32.2. The van der Waals surface area contributed by atoms with Crippen molar-refractivity contribution in [2.24, 2.45) is 0 Å².